The highest BCUT2D eigenvalue weighted by Crippen LogP contribution is 2.29. The predicted octanol–water partition coefficient (Wildman–Crippen LogP) is 4.47. The average Bonchev–Trinajstić information content (AvgIpc) is 2.23. The van der Waals surface area contributed by atoms with Crippen LogP contribution in [0.15, 0.2) is 24.3 Å². The number of carbonyl (C=O) groups is 1. The average molecular weight is 534 g/mol. The topological polar surface area (TPSA) is 17.1 Å². The van der Waals surface area contributed by atoms with Gasteiger partial charge in [-0.05, 0) is 96.7 Å². The first-order valence-corrected chi connectivity index (χ1v) is 7.39. The summed E-state index contributed by atoms with van der Waals surface area (Å²) in [6, 6.07) is 8.24. The van der Waals surface area contributed by atoms with E-state index in [4.69, 9.17) is 0 Å². The van der Waals surface area contributed by atoms with Gasteiger partial charge in [-0.2, -0.15) is 0 Å². The van der Waals surface area contributed by atoms with E-state index in [1.807, 2.05) is 6.07 Å². The lowest BCUT2D eigenvalue weighted by molar-refractivity contribution is 0.112. The minimum absolute atomic E-state index is 0.773. The molecule has 76 valence electrons. The molecule has 0 bridgehead atoms. The minimum Gasteiger partial charge on any atom is -0.298 e. The summed E-state index contributed by atoms with van der Waals surface area (Å²) in [7, 11) is 0. The maximum absolute atomic E-state index is 10.9. The van der Waals surface area contributed by atoms with Crippen LogP contribution in [-0.4, -0.2) is 6.29 Å². The van der Waals surface area contributed by atoms with E-state index in [9.17, 15) is 4.79 Å². The summed E-state index contributed by atoms with van der Waals surface area (Å²) in [6.07, 6.45) is 0.920. The highest BCUT2D eigenvalue weighted by Gasteiger charge is 2.08. The molecule has 0 unspecified atom stereocenters. The van der Waals surface area contributed by atoms with Gasteiger partial charge in [-0.1, -0.05) is 6.07 Å². The number of halogens is 3. The van der Waals surface area contributed by atoms with Crippen molar-refractivity contribution in [2.75, 3.05) is 0 Å². The molecule has 0 aromatic heterocycles. The Hall–Kier alpha value is 0.560. The third-order valence-corrected chi connectivity index (χ3v) is 6.12. The summed E-state index contributed by atoms with van der Waals surface area (Å²) in [6.45, 7) is 0. The third-order valence-electron chi connectivity index (χ3n) is 2.13. The van der Waals surface area contributed by atoms with Crippen LogP contribution in [0.4, 0.5) is 0 Å². The number of fused-ring (bicyclic) bond motifs is 1. The molecule has 0 saturated carbocycles. The maximum atomic E-state index is 10.9. The second-order valence-electron chi connectivity index (χ2n) is 3.08. The minimum atomic E-state index is 0.773. The van der Waals surface area contributed by atoms with Crippen molar-refractivity contribution in [3.05, 3.63) is 40.5 Å². The highest BCUT2D eigenvalue weighted by atomic mass is 127. The lowest BCUT2D eigenvalue weighted by atomic mass is 10.1. The second kappa shape index (κ2) is 4.82. The van der Waals surface area contributed by atoms with Crippen molar-refractivity contribution in [3.8, 4) is 0 Å². The highest BCUT2D eigenvalue weighted by molar-refractivity contribution is 14.1. The first kappa shape index (κ1) is 12.0. The molecule has 2 aromatic carbocycles. The zero-order valence-electron chi connectivity index (χ0n) is 7.43. The van der Waals surface area contributed by atoms with Crippen LogP contribution in [0.25, 0.3) is 10.8 Å². The van der Waals surface area contributed by atoms with Crippen molar-refractivity contribution in [2.45, 2.75) is 0 Å². The molecule has 0 aliphatic carbocycles. The van der Waals surface area contributed by atoms with E-state index >= 15 is 0 Å². The second-order valence-corrected chi connectivity index (χ2v) is 6.48. The molecule has 15 heavy (non-hydrogen) atoms. The first-order valence-electron chi connectivity index (χ1n) is 4.16. The Morgan fingerprint density at radius 3 is 2.40 bits per heavy atom. The number of benzene rings is 2. The van der Waals surface area contributed by atoms with Crippen LogP contribution in [0.3, 0.4) is 0 Å². The van der Waals surface area contributed by atoms with Gasteiger partial charge in [-0.15, -0.1) is 0 Å². The quantitative estimate of drug-likeness (QED) is 0.391. The van der Waals surface area contributed by atoms with Gasteiger partial charge in [0.25, 0.3) is 0 Å². The molecular formula is C11H5I3O. The molecule has 2 aromatic rings. The zero-order chi connectivity index (χ0) is 11.0. The lowest BCUT2D eigenvalue weighted by Crippen LogP contribution is -1.92. The van der Waals surface area contributed by atoms with Gasteiger partial charge in [-0.3, -0.25) is 4.79 Å². The molecule has 0 radical (unpaired) electrons. The summed E-state index contributed by atoms with van der Waals surface area (Å²) in [4.78, 5) is 10.9. The van der Waals surface area contributed by atoms with Gasteiger partial charge < -0.3 is 0 Å². The van der Waals surface area contributed by atoms with Crippen molar-refractivity contribution in [2.24, 2.45) is 0 Å². The van der Waals surface area contributed by atoms with E-state index < -0.39 is 0 Å². The standard InChI is InChI=1S/C11H5I3O/c12-8-1-2-9-6(4-8)3-7(5-15)10(13)11(9)14/h1-5H. The van der Waals surface area contributed by atoms with E-state index in [0.717, 1.165) is 24.4 Å². The summed E-state index contributed by atoms with van der Waals surface area (Å²) in [5.74, 6) is 0. The number of rotatable bonds is 1. The molecule has 0 fully saturated rings. The van der Waals surface area contributed by atoms with Gasteiger partial charge >= 0.3 is 0 Å². The van der Waals surface area contributed by atoms with Crippen molar-refractivity contribution >= 4 is 84.8 Å². The normalized spacial score (nSPS) is 10.6. The molecule has 0 atom stereocenters. The van der Waals surface area contributed by atoms with Crippen LogP contribution in [0.5, 0.6) is 0 Å². The molecule has 0 N–H and O–H groups in total. The van der Waals surface area contributed by atoms with Crippen LogP contribution in [-0.2, 0) is 0 Å². The molecule has 0 saturated heterocycles. The third kappa shape index (κ3) is 2.31. The molecule has 2 rings (SSSR count). The van der Waals surface area contributed by atoms with Gasteiger partial charge in [0.2, 0.25) is 0 Å². The fraction of sp³-hybridized carbons (Fsp3) is 0. The van der Waals surface area contributed by atoms with Crippen molar-refractivity contribution in [1.29, 1.82) is 0 Å². The van der Waals surface area contributed by atoms with Gasteiger partial charge in [0.05, 0.1) is 0 Å². The number of carbonyl (C=O) groups excluding carboxylic acids is 1. The van der Waals surface area contributed by atoms with Crippen molar-refractivity contribution < 1.29 is 4.79 Å². The first-order chi connectivity index (χ1) is 7.13. The predicted molar refractivity (Wildman–Crippen MR) is 87.5 cm³/mol. The van der Waals surface area contributed by atoms with E-state index in [2.05, 4.69) is 86.0 Å². The van der Waals surface area contributed by atoms with Gasteiger partial charge in [0.1, 0.15) is 0 Å². The fourth-order valence-corrected chi connectivity index (χ4v) is 3.31. The largest absolute Gasteiger partial charge is 0.298 e. The van der Waals surface area contributed by atoms with Crippen LogP contribution in [0.2, 0.25) is 0 Å². The maximum Gasteiger partial charge on any atom is 0.151 e. The molecule has 0 amide bonds. The SMILES string of the molecule is O=Cc1cc2cc(I)ccc2c(I)c1I. The van der Waals surface area contributed by atoms with E-state index in [0.29, 0.717) is 0 Å². The molecule has 0 aliphatic rings. The zero-order valence-corrected chi connectivity index (χ0v) is 13.9. The van der Waals surface area contributed by atoms with E-state index in [-0.39, 0.29) is 0 Å². The molecule has 1 nitrogen and oxygen atoms in total. The smallest absolute Gasteiger partial charge is 0.151 e. The summed E-state index contributed by atoms with van der Waals surface area (Å²) in [5, 5.41) is 2.35. The van der Waals surface area contributed by atoms with Gasteiger partial charge in [0, 0.05) is 16.3 Å². The van der Waals surface area contributed by atoms with E-state index in [1.54, 1.807) is 0 Å². The molecule has 0 aliphatic heterocycles. The molecule has 0 spiro atoms. The number of aldehydes is 1. The number of hydrogen-bond acceptors (Lipinski definition) is 1. The Bertz CT molecular complexity index is 549. The van der Waals surface area contributed by atoms with Crippen LogP contribution in [0.1, 0.15) is 10.4 Å². The number of hydrogen-bond donors (Lipinski definition) is 0. The monoisotopic (exact) mass is 534 g/mol. The lowest BCUT2D eigenvalue weighted by Gasteiger charge is -2.06. The molecular weight excluding hydrogens is 529 g/mol. The van der Waals surface area contributed by atoms with Gasteiger partial charge in [0.15, 0.2) is 6.29 Å². The van der Waals surface area contributed by atoms with Crippen LogP contribution >= 0.6 is 67.8 Å². The Morgan fingerprint density at radius 2 is 1.73 bits per heavy atom. The van der Waals surface area contributed by atoms with Crippen molar-refractivity contribution in [1.82, 2.24) is 0 Å². The Labute approximate surface area is 128 Å². The van der Waals surface area contributed by atoms with Gasteiger partial charge in [-0.25, -0.2) is 0 Å². The van der Waals surface area contributed by atoms with E-state index in [1.165, 1.54) is 8.96 Å². The van der Waals surface area contributed by atoms with Crippen molar-refractivity contribution in [3.63, 3.8) is 0 Å². The summed E-state index contributed by atoms with van der Waals surface area (Å²) >= 11 is 6.79. The summed E-state index contributed by atoms with van der Waals surface area (Å²) < 4.78 is 3.38. The molecule has 0 heterocycles. The Morgan fingerprint density at radius 1 is 1.00 bits per heavy atom. The molecule has 4 heteroatoms. The fourth-order valence-electron chi connectivity index (χ4n) is 1.41. The van der Waals surface area contributed by atoms with Crippen LogP contribution in [0, 0.1) is 10.7 Å². The Balaban J connectivity index is 2.90. The van der Waals surface area contributed by atoms with Crippen LogP contribution < -0.4 is 0 Å². The Kier molecular flexibility index (Phi) is 3.87. The summed E-state index contributed by atoms with van der Waals surface area (Å²) in [5.41, 5.74) is 0.773.